The van der Waals surface area contributed by atoms with E-state index in [4.69, 9.17) is 0 Å². The summed E-state index contributed by atoms with van der Waals surface area (Å²) in [5.41, 5.74) is 1.82. The minimum absolute atomic E-state index is 0.00132. The molecule has 0 saturated carbocycles. The maximum absolute atomic E-state index is 12.9. The number of benzene rings is 1. The molecule has 1 heterocycles. The molecule has 2 atom stereocenters. The highest BCUT2D eigenvalue weighted by atomic mass is 16.2. The Kier molecular flexibility index (Phi) is 6.18. The van der Waals surface area contributed by atoms with Crippen LogP contribution in [0.4, 0.5) is 5.69 Å². The van der Waals surface area contributed by atoms with Crippen molar-refractivity contribution in [3.63, 3.8) is 0 Å². The Balaban J connectivity index is 2.20. The monoisotopic (exact) mass is 328 g/mol. The second-order valence-corrected chi connectivity index (χ2v) is 6.95. The zero-order valence-electron chi connectivity index (χ0n) is 15.1. The highest BCUT2D eigenvalue weighted by molar-refractivity contribution is 6.08. The van der Waals surface area contributed by atoms with E-state index in [-0.39, 0.29) is 11.8 Å². The van der Waals surface area contributed by atoms with Crippen molar-refractivity contribution in [3.05, 3.63) is 41.5 Å². The average Bonchev–Trinajstić information content (AvgIpc) is 2.54. The van der Waals surface area contributed by atoms with Crippen LogP contribution in [0.2, 0.25) is 0 Å². The van der Waals surface area contributed by atoms with Gasteiger partial charge in [0.1, 0.15) is 0 Å². The molecule has 1 N–H and O–H groups in total. The molecular weight excluding hydrogens is 300 g/mol. The number of amides is 2. The lowest BCUT2D eigenvalue weighted by Gasteiger charge is -2.35. The van der Waals surface area contributed by atoms with Crippen molar-refractivity contribution >= 4 is 17.5 Å². The summed E-state index contributed by atoms with van der Waals surface area (Å²) in [5.74, 6) is 0.863. The van der Waals surface area contributed by atoms with Gasteiger partial charge in [-0.05, 0) is 43.7 Å². The lowest BCUT2D eigenvalue weighted by molar-refractivity contribution is -0.112. The van der Waals surface area contributed by atoms with E-state index < -0.39 is 0 Å². The molecule has 1 aliphatic rings. The molecule has 0 aromatic heterocycles. The Morgan fingerprint density at radius 1 is 1.21 bits per heavy atom. The van der Waals surface area contributed by atoms with Crippen LogP contribution in [-0.4, -0.2) is 29.8 Å². The van der Waals surface area contributed by atoms with Gasteiger partial charge in [-0.2, -0.15) is 0 Å². The molecule has 0 radical (unpaired) electrons. The number of nitrogens with zero attached hydrogens (tertiary/aromatic N) is 1. The molecule has 1 aliphatic heterocycles. The number of nitrogens with one attached hydrogen (secondary N) is 1. The minimum atomic E-state index is -0.155. The van der Waals surface area contributed by atoms with E-state index >= 15 is 0 Å². The molecule has 1 saturated heterocycles. The van der Waals surface area contributed by atoms with Crippen molar-refractivity contribution in [2.75, 3.05) is 18.4 Å². The largest absolute Gasteiger partial charge is 0.338 e. The van der Waals surface area contributed by atoms with Gasteiger partial charge in [-0.25, -0.2) is 0 Å². The molecule has 2 unspecified atom stereocenters. The molecule has 0 bridgehead atoms. The molecule has 2 rings (SSSR count). The van der Waals surface area contributed by atoms with Crippen molar-refractivity contribution in [1.82, 2.24) is 4.90 Å². The molecule has 2 amide bonds. The van der Waals surface area contributed by atoms with Crippen molar-refractivity contribution in [3.8, 4) is 0 Å². The summed E-state index contributed by atoms with van der Waals surface area (Å²) >= 11 is 0. The molecular formula is C20H28N2O2. The van der Waals surface area contributed by atoms with Crippen LogP contribution in [0.25, 0.3) is 0 Å². The fourth-order valence-corrected chi connectivity index (χ4v) is 3.40. The summed E-state index contributed by atoms with van der Waals surface area (Å²) in [7, 11) is 0. The van der Waals surface area contributed by atoms with E-state index in [1.807, 2.05) is 30.0 Å². The van der Waals surface area contributed by atoms with Crippen LogP contribution in [0.1, 0.15) is 50.9 Å². The van der Waals surface area contributed by atoms with Gasteiger partial charge in [-0.1, -0.05) is 39.0 Å². The maximum Gasteiger partial charge on any atom is 0.255 e. The molecule has 4 nitrogen and oxygen atoms in total. The van der Waals surface area contributed by atoms with Crippen LogP contribution in [0.15, 0.2) is 35.9 Å². The minimum Gasteiger partial charge on any atom is -0.338 e. The van der Waals surface area contributed by atoms with Crippen molar-refractivity contribution in [2.45, 2.75) is 40.5 Å². The Morgan fingerprint density at radius 3 is 2.46 bits per heavy atom. The predicted molar refractivity (Wildman–Crippen MR) is 98.0 cm³/mol. The zero-order valence-corrected chi connectivity index (χ0v) is 15.1. The van der Waals surface area contributed by atoms with Crippen LogP contribution in [0, 0.1) is 11.8 Å². The van der Waals surface area contributed by atoms with Gasteiger partial charge in [0.05, 0.1) is 11.3 Å². The fraction of sp³-hybridized carbons (Fsp3) is 0.500. The highest BCUT2D eigenvalue weighted by Crippen LogP contribution is 2.25. The van der Waals surface area contributed by atoms with Crippen LogP contribution >= 0.6 is 0 Å². The van der Waals surface area contributed by atoms with Crippen molar-refractivity contribution in [1.29, 1.82) is 0 Å². The third-order valence-electron chi connectivity index (χ3n) is 4.43. The smallest absolute Gasteiger partial charge is 0.255 e. The van der Waals surface area contributed by atoms with E-state index in [2.05, 4.69) is 19.2 Å². The van der Waals surface area contributed by atoms with Gasteiger partial charge in [0.25, 0.3) is 11.8 Å². The van der Waals surface area contributed by atoms with Crippen LogP contribution in [-0.2, 0) is 4.79 Å². The normalized spacial score (nSPS) is 21.5. The molecule has 1 fully saturated rings. The first kappa shape index (κ1) is 18.2. The van der Waals surface area contributed by atoms with Crippen LogP contribution in [0.3, 0.4) is 0 Å². The summed E-state index contributed by atoms with van der Waals surface area (Å²) in [4.78, 5) is 27.1. The molecule has 4 heteroatoms. The number of likely N-dealkylation sites (tertiary alicyclic amines) is 1. The quantitative estimate of drug-likeness (QED) is 0.846. The lowest BCUT2D eigenvalue weighted by Crippen LogP contribution is -2.42. The first-order valence-corrected chi connectivity index (χ1v) is 8.78. The Labute approximate surface area is 144 Å². The molecule has 130 valence electrons. The lowest BCUT2D eigenvalue weighted by atomic mass is 9.91. The van der Waals surface area contributed by atoms with Gasteiger partial charge in [-0.3, -0.25) is 9.59 Å². The summed E-state index contributed by atoms with van der Waals surface area (Å²) in [6.45, 7) is 9.70. The summed E-state index contributed by atoms with van der Waals surface area (Å²) < 4.78 is 0. The number of hydrogen-bond donors (Lipinski definition) is 1. The Morgan fingerprint density at radius 2 is 1.83 bits per heavy atom. The van der Waals surface area contributed by atoms with E-state index in [0.717, 1.165) is 25.9 Å². The van der Waals surface area contributed by atoms with Gasteiger partial charge >= 0.3 is 0 Å². The number of carbonyl (C=O) groups excluding carboxylic acids is 2. The van der Waals surface area contributed by atoms with Crippen molar-refractivity contribution in [2.24, 2.45) is 11.8 Å². The van der Waals surface area contributed by atoms with E-state index in [1.165, 1.54) is 0 Å². The van der Waals surface area contributed by atoms with E-state index in [1.54, 1.807) is 19.1 Å². The first-order valence-electron chi connectivity index (χ1n) is 8.78. The van der Waals surface area contributed by atoms with Gasteiger partial charge < -0.3 is 10.2 Å². The third-order valence-corrected chi connectivity index (χ3v) is 4.43. The molecule has 1 aromatic rings. The van der Waals surface area contributed by atoms with E-state index in [0.29, 0.717) is 28.7 Å². The number of anilines is 1. The van der Waals surface area contributed by atoms with Crippen LogP contribution < -0.4 is 5.32 Å². The van der Waals surface area contributed by atoms with Gasteiger partial charge in [0, 0.05) is 18.7 Å². The second kappa shape index (κ2) is 8.13. The molecule has 24 heavy (non-hydrogen) atoms. The van der Waals surface area contributed by atoms with E-state index in [9.17, 15) is 9.59 Å². The van der Waals surface area contributed by atoms with Crippen LogP contribution in [0.5, 0.6) is 0 Å². The number of hydrogen-bond acceptors (Lipinski definition) is 2. The van der Waals surface area contributed by atoms with Crippen molar-refractivity contribution < 1.29 is 9.59 Å². The number of carbonyl (C=O) groups is 2. The SMILES string of the molecule is CC/C=C(/C)C(=O)Nc1ccccc1C(=O)N1CC(C)CC(C)C1. The third kappa shape index (κ3) is 4.47. The van der Waals surface area contributed by atoms with Gasteiger partial charge in [0.2, 0.25) is 0 Å². The maximum atomic E-state index is 12.9. The zero-order chi connectivity index (χ0) is 17.7. The number of rotatable bonds is 4. The average molecular weight is 328 g/mol. The first-order chi connectivity index (χ1) is 11.4. The fourth-order valence-electron chi connectivity index (χ4n) is 3.40. The molecule has 0 aliphatic carbocycles. The Bertz CT molecular complexity index is 626. The predicted octanol–water partition coefficient (Wildman–Crippen LogP) is 4.10. The highest BCUT2D eigenvalue weighted by Gasteiger charge is 2.27. The Hall–Kier alpha value is -2.10. The number of allylic oxidation sites excluding steroid dienone is 1. The van der Waals surface area contributed by atoms with Gasteiger partial charge in [0.15, 0.2) is 0 Å². The summed E-state index contributed by atoms with van der Waals surface area (Å²) in [5, 5.41) is 2.88. The standard InChI is InChI=1S/C20H28N2O2/c1-5-8-16(4)19(23)21-18-10-7-6-9-17(18)20(24)22-12-14(2)11-15(3)13-22/h6-10,14-15H,5,11-13H2,1-4H3,(H,21,23)/b16-8-. The molecule has 1 aromatic carbocycles. The molecule has 0 spiro atoms. The second-order valence-electron chi connectivity index (χ2n) is 6.95. The van der Waals surface area contributed by atoms with Gasteiger partial charge in [-0.15, -0.1) is 0 Å². The number of para-hydroxylation sites is 1. The summed E-state index contributed by atoms with van der Waals surface area (Å²) in [6.07, 6.45) is 3.85. The topological polar surface area (TPSA) is 49.4 Å². The number of piperidine rings is 1. The summed E-state index contributed by atoms with van der Waals surface area (Å²) in [6, 6.07) is 7.27.